The summed E-state index contributed by atoms with van der Waals surface area (Å²) in [6, 6.07) is 0. The summed E-state index contributed by atoms with van der Waals surface area (Å²) in [5.41, 5.74) is 0. The summed E-state index contributed by atoms with van der Waals surface area (Å²) in [6.45, 7) is 10.1. The van der Waals surface area contributed by atoms with E-state index in [4.69, 9.17) is 23.7 Å². The van der Waals surface area contributed by atoms with Gasteiger partial charge >= 0.3 is 5.97 Å². The number of carbonyl (C=O) groups excluding carboxylic acids is 1. The van der Waals surface area contributed by atoms with Crippen LogP contribution in [0, 0.1) is 0 Å². The Labute approximate surface area is 140 Å². The first-order chi connectivity index (χ1) is 11.2. The maximum absolute atomic E-state index is 11.3. The van der Waals surface area contributed by atoms with Crippen LogP contribution in [0.3, 0.4) is 0 Å². The summed E-state index contributed by atoms with van der Waals surface area (Å²) in [5, 5.41) is 0. The maximum Gasteiger partial charge on any atom is 0.305 e. The van der Waals surface area contributed by atoms with E-state index in [1.54, 1.807) is 0 Å². The third kappa shape index (κ3) is 19.3. The van der Waals surface area contributed by atoms with Crippen LogP contribution >= 0.6 is 0 Å². The summed E-state index contributed by atoms with van der Waals surface area (Å²) in [7, 11) is 0. The minimum atomic E-state index is -0.142. The van der Waals surface area contributed by atoms with Gasteiger partial charge in [0.15, 0.2) is 0 Å². The zero-order valence-electron chi connectivity index (χ0n) is 15.0. The highest BCUT2D eigenvalue weighted by Gasteiger charge is 2.01. The average molecular weight is 334 g/mol. The molecule has 0 atom stereocenters. The lowest BCUT2D eigenvalue weighted by molar-refractivity contribution is -0.145. The Hall–Kier alpha value is -0.690. The fourth-order valence-corrected chi connectivity index (χ4v) is 1.69. The molecule has 0 heterocycles. The minimum Gasteiger partial charge on any atom is -0.463 e. The minimum absolute atomic E-state index is 0.142. The Morgan fingerprint density at radius 2 is 1.30 bits per heavy atom. The fourth-order valence-electron chi connectivity index (χ4n) is 1.69. The molecule has 138 valence electrons. The molecule has 0 aromatic heterocycles. The quantitative estimate of drug-likeness (QED) is 0.301. The Bertz CT molecular complexity index is 257. The van der Waals surface area contributed by atoms with Crippen LogP contribution in [0.5, 0.6) is 0 Å². The highest BCUT2D eigenvalue weighted by Crippen LogP contribution is 2.00. The van der Waals surface area contributed by atoms with Crippen molar-refractivity contribution in [2.24, 2.45) is 0 Å². The van der Waals surface area contributed by atoms with Crippen molar-refractivity contribution in [3.8, 4) is 0 Å². The average Bonchev–Trinajstić information content (AvgIpc) is 2.51. The van der Waals surface area contributed by atoms with Gasteiger partial charge in [0.2, 0.25) is 0 Å². The molecule has 0 radical (unpaired) electrons. The summed E-state index contributed by atoms with van der Waals surface area (Å²) >= 11 is 0. The zero-order valence-corrected chi connectivity index (χ0v) is 15.0. The molecule has 23 heavy (non-hydrogen) atoms. The molecule has 6 heteroatoms. The van der Waals surface area contributed by atoms with Crippen molar-refractivity contribution in [1.29, 1.82) is 0 Å². The van der Waals surface area contributed by atoms with Gasteiger partial charge in [0.25, 0.3) is 0 Å². The Morgan fingerprint density at radius 1 is 0.783 bits per heavy atom. The molecule has 0 aromatic rings. The first-order valence-electron chi connectivity index (χ1n) is 8.67. The highest BCUT2D eigenvalue weighted by atomic mass is 16.6. The zero-order chi connectivity index (χ0) is 17.2. The molecular formula is C17H34O6. The first kappa shape index (κ1) is 22.3. The van der Waals surface area contributed by atoms with Crippen LogP contribution in [-0.4, -0.2) is 64.9 Å². The van der Waals surface area contributed by atoms with Gasteiger partial charge < -0.3 is 23.7 Å². The Balaban J connectivity index is 3.09. The molecule has 0 saturated heterocycles. The van der Waals surface area contributed by atoms with E-state index in [0.29, 0.717) is 59.3 Å². The summed E-state index contributed by atoms with van der Waals surface area (Å²) in [6.07, 6.45) is 3.81. The van der Waals surface area contributed by atoms with E-state index in [9.17, 15) is 4.79 Å². The lowest BCUT2D eigenvalue weighted by atomic mass is 10.2. The fraction of sp³-hybridized carbons (Fsp3) is 0.941. The molecule has 0 unspecified atom stereocenters. The van der Waals surface area contributed by atoms with E-state index in [0.717, 1.165) is 19.3 Å². The van der Waals surface area contributed by atoms with Gasteiger partial charge in [0, 0.05) is 6.42 Å². The van der Waals surface area contributed by atoms with Crippen molar-refractivity contribution in [2.45, 2.75) is 52.6 Å². The largest absolute Gasteiger partial charge is 0.463 e. The lowest BCUT2D eigenvalue weighted by Gasteiger charge is -2.09. The number of esters is 1. The van der Waals surface area contributed by atoms with Gasteiger partial charge in [0.05, 0.1) is 52.4 Å². The van der Waals surface area contributed by atoms with E-state index < -0.39 is 0 Å². The smallest absolute Gasteiger partial charge is 0.305 e. The van der Waals surface area contributed by atoms with Crippen molar-refractivity contribution in [1.82, 2.24) is 0 Å². The summed E-state index contributed by atoms with van der Waals surface area (Å²) in [4.78, 5) is 11.3. The number of hydrogen-bond acceptors (Lipinski definition) is 6. The van der Waals surface area contributed by atoms with E-state index in [1.165, 1.54) is 0 Å². The van der Waals surface area contributed by atoms with Crippen LogP contribution in [0.4, 0.5) is 0 Å². The Morgan fingerprint density at radius 3 is 1.83 bits per heavy atom. The van der Waals surface area contributed by atoms with Gasteiger partial charge in [-0.1, -0.05) is 19.8 Å². The van der Waals surface area contributed by atoms with Crippen molar-refractivity contribution in [3.63, 3.8) is 0 Å². The molecule has 0 aliphatic heterocycles. The normalized spacial score (nSPS) is 11.1. The predicted octanol–water partition coefficient (Wildman–Crippen LogP) is 2.58. The molecule has 6 nitrogen and oxygen atoms in total. The third-order valence-electron chi connectivity index (χ3n) is 2.90. The van der Waals surface area contributed by atoms with Crippen LogP contribution in [-0.2, 0) is 28.5 Å². The van der Waals surface area contributed by atoms with Gasteiger partial charge in [-0.25, -0.2) is 0 Å². The van der Waals surface area contributed by atoms with E-state index in [-0.39, 0.29) is 12.1 Å². The van der Waals surface area contributed by atoms with Gasteiger partial charge in [0.1, 0.15) is 6.61 Å². The second-order valence-electron chi connectivity index (χ2n) is 5.43. The maximum atomic E-state index is 11.3. The molecule has 0 saturated carbocycles. The van der Waals surface area contributed by atoms with Crippen LogP contribution < -0.4 is 0 Å². The summed E-state index contributed by atoms with van der Waals surface area (Å²) in [5.74, 6) is -0.142. The molecular weight excluding hydrogens is 300 g/mol. The molecule has 0 rings (SSSR count). The lowest BCUT2D eigenvalue weighted by Crippen LogP contribution is -2.15. The molecule has 0 aliphatic carbocycles. The summed E-state index contributed by atoms with van der Waals surface area (Å²) < 4.78 is 26.4. The SMILES string of the molecule is CCCCCC(=O)OCCOCCOCCOCCOC(C)C. The van der Waals surface area contributed by atoms with Crippen LogP contribution in [0.1, 0.15) is 46.5 Å². The van der Waals surface area contributed by atoms with Crippen molar-refractivity contribution in [3.05, 3.63) is 0 Å². The molecule has 0 aromatic carbocycles. The number of rotatable bonds is 17. The second-order valence-corrected chi connectivity index (χ2v) is 5.43. The van der Waals surface area contributed by atoms with E-state index in [1.807, 2.05) is 13.8 Å². The van der Waals surface area contributed by atoms with Gasteiger partial charge in [-0.3, -0.25) is 4.79 Å². The molecule has 0 aliphatic rings. The molecule has 0 amide bonds. The van der Waals surface area contributed by atoms with Crippen molar-refractivity contribution < 1.29 is 28.5 Å². The molecule has 0 spiro atoms. The number of hydrogen-bond donors (Lipinski definition) is 0. The van der Waals surface area contributed by atoms with Gasteiger partial charge in [-0.15, -0.1) is 0 Å². The van der Waals surface area contributed by atoms with E-state index >= 15 is 0 Å². The topological polar surface area (TPSA) is 63.2 Å². The van der Waals surface area contributed by atoms with Crippen molar-refractivity contribution >= 4 is 5.97 Å². The van der Waals surface area contributed by atoms with Gasteiger partial charge in [-0.2, -0.15) is 0 Å². The predicted molar refractivity (Wildman–Crippen MR) is 88.6 cm³/mol. The molecule has 0 N–H and O–H groups in total. The van der Waals surface area contributed by atoms with Crippen LogP contribution in [0.2, 0.25) is 0 Å². The third-order valence-corrected chi connectivity index (χ3v) is 2.90. The van der Waals surface area contributed by atoms with Crippen LogP contribution in [0.25, 0.3) is 0 Å². The Kier molecular flexibility index (Phi) is 17.1. The van der Waals surface area contributed by atoms with Crippen LogP contribution in [0.15, 0.2) is 0 Å². The second kappa shape index (κ2) is 17.7. The van der Waals surface area contributed by atoms with E-state index in [2.05, 4.69) is 6.92 Å². The van der Waals surface area contributed by atoms with Gasteiger partial charge in [-0.05, 0) is 20.3 Å². The monoisotopic (exact) mass is 334 g/mol. The standard InChI is InChI=1S/C17H34O6/c1-4-5-6-7-17(18)23-15-13-21-11-9-19-8-10-20-12-14-22-16(2)3/h16H,4-15H2,1-3H3. The number of carbonyl (C=O) groups is 1. The number of ether oxygens (including phenoxy) is 5. The molecule has 0 fully saturated rings. The molecule has 0 bridgehead atoms. The first-order valence-corrected chi connectivity index (χ1v) is 8.67. The number of unbranched alkanes of at least 4 members (excludes halogenated alkanes) is 2. The highest BCUT2D eigenvalue weighted by molar-refractivity contribution is 5.69. The van der Waals surface area contributed by atoms with Crippen molar-refractivity contribution in [2.75, 3.05) is 52.9 Å².